The van der Waals surface area contributed by atoms with Gasteiger partial charge in [0.05, 0.1) is 14.2 Å². The van der Waals surface area contributed by atoms with E-state index in [0.717, 1.165) is 5.56 Å². The number of benzene rings is 2. The Labute approximate surface area is 140 Å². The summed E-state index contributed by atoms with van der Waals surface area (Å²) in [5.41, 5.74) is 7.20. The second-order valence-electron chi connectivity index (χ2n) is 5.17. The normalized spacial score (nSPS) is 11.5. The van der Waals surface area contributed by atoms with Crippen LogP contribution in [0.25, 0.3) is 0 Å². The van der Waals surface area contributed by atoms with Crippen molar-refractivity contribution in [3.8, 4) is 11.5 Å². The Bertz CT molecular complexity index is 716. The van der Waals surface area contributed by atoms with Crippen molar-refractivity contribution in [3.05, 3.63) is 59.7 Å². The van der Waals surface area contributed by atoms with Crippen LogP contribution >= 0.6 is 0 Å². The molecule has 2 aromatic carbocycles. The van der Waals surface area contributed by atoms with Crippen LogP contribution in [0.3, 0.4) is 0 Å². The Balaban J connectivity index is 2.00. The molecule has 0 bridgehead atoms. The zero-order valence-electron chi connectivity index (χ0n) is 13.6. The molecule has 6 nitrogen and oxygen atoms in total. The number of carbonyl (C=O) groups excluding carboxylic acids is 2. The number of nitrogens with two attached hydrogens (primary N) is 1. The van der Waals surface area contributed by atoms with Gasteiger partial charge in [0, 0.05) is 18.0 Å². The van der Waals surface area contributed by atoms with Gasteiger partial charge in [-0.2, -0.15) is 0 Å². The smallest absolute Gasteiger partial charge is 0.257 e. The second-order valence-corrected chi connectivity index (χ2v) is 5.17. The fraction of sp³-hybridized carbons (Fsp3) is 0.222. The monoisotopic (exact) mass is 328 g/mol. The topological polar surface area (TPSA) is 90.6 Å². The zero-order chi connectivity index (χ0) is 17.5. The SMILES string of the molecule is COc1ccc(C(N)CC(=O)NC(=O)c2ccccc2)cc1OC. The third-order valence-corrected chi connectivity index (χ3v) is 3.53. The molecule has 0 aliphatic rings. The highest BCUT2D eigenvalue weighted by Gasteiger charge is 2.16. The fourth-order valence-corrected chi connectivity index (χ4v) is 2.24. The summed E-state index contributed by atoms with van der Waals surface area (Å²) < 4.78 is 10.4. The van der Waals surface area contributed by atoms with E-state index in [9.17, 15) is 9.59 Å². The van der Waals surface area contributed by atoms with E-state index in [0.29, 0.717) is 17.1 Å². The highest BCUT2D eigenvalue weighted by Crippen LogP contribution is 2.30. The fourth-order valence-electron chi connectivity index (χ4n) is 2.24. The van der Waals surface area contributed by atoms with E-state index in [1.807, 2.05) is 0 Å². The lowest BCUT2D eigenvalue weighted by molar-refractivity contribution is -0.120. The van der Waals surface area contributed by atoms with Crippen LogP contribution in [0, 0.1) is 0 Å². The lowest BCUT2D eigenvalue weighted by Crippen LogP contribution is -2.32. The van der Waals surface area contributed by atoms with Crippen LogP contribution in [0.4, 0.5) is 0 Å². The van der Waals surface area contributed by atoms with Gasteiger partial charge >= 0.3 is 0 Å². The van der Waals surface area contributed by atoms with Crippen molar-refractivity contribution in [2.45, 2.75) is 12.5 Å². The summed E-state index contributed by atoms with van der Waals surface area (Å²) >= 11 is 0. The Morgan fingerprint density at radius 1 is 1.04 bits per heavy atom. The highest BCUT2D eigenvalue weighted by atomic mass is 16.5. The van der Waals surface area contributed by atoms with Crippen LogP contribution in [0.15, 0.2) is 48.5 Å². The minimum atomic E-state index is -0.562. The molecule has 0 spiro atoms. The first-order chi connectivity index (χ1) is 11.5. The third kappa shape index (κ3) is 4.33. The van der Waals surface area contributed by atoms with Gasteiger partial charge in [0.1, 0.15) is 0 Å². The maximum Gasteiger partial charge on any atom is 0.257 e. The minimum Gasteiger partial charge on any atom is -0.493 e. The van der Waals surface area contributed by atoms with Crippen molar-refractivity contribution in [1.82, 2.24) is 5.32 Å². The van der Waals surface area contributed by atoms with Gasteiger partial charge < -0.3 is 15.2 Å². The largest absolute Gasteiger partial charge is 0.493 e. The van der Waals surface area contributed by atoms with Crippen LogP contribution < -0.4 is 20.5 Å². The zero-order valence-corrected chi connectivity index (χ0v) is 13.6. The van der Waals surface area contributed by atoms with Gasteiger partial charge in [0.25, 0.3) is 5.91 Å². The number of nitrogens with one attached hydrogen (secondary N) is 1. The first kappa shape index (κ1) is 17.5. The number of amides is 2. The molecule has 1 unspecified atom stereocenters. The van der Waals surface area contributed by atoms with Gasteiger partial charge in [0.15, 0.2) is 11.5 Å². The molecule has 6 heteroatoms. The van der Waals surface area contributed by atoms with Crippen LogP contribution in [0.5, 0.6) is 11.5 Å². The molecule has 0 fully saturated rings. The molecule has 0 aliphatic heterocycles. The molecule has 2 rings (SSSR count). The van der Waals surface area contributed by atoms with E-state index in [2.05, 4.69) is 5.32 Å². The molecule has 0 saturated heterocycles. The summed E-state index contributed by atoms with van der Waals surface area (Å²) in [7, 11) is 3.07. The molecule has 2 amide bonds. The van der Waals surface area contributed by atoms with E-state index in [1.165, 1.54) is 7.11 Å². The van der Waals surface area contributed by atoms with Crippen molar-refractivity contribution in [2.24, 2.45) is 5.73 Å². The Hall–Kier alpha value is -2.86. The van der Waals surface area contributed by atoms with Gasteiger partial charge in [-0.1, -0.05) is 24.3 Å². The van der Waals surface area contributed by atoms with Crippen LogP contribution in [0.1, 0.15) is 28.4 Å². The maximum absolute atomic E-state index is 12.0. The first-order valence-corrected chi connectivity index (χ1v) is 7.42. The summed E-state index contributed by atoms with van der Waals surface area (Å²) in [6, 6.07) is 13.2. The van der Waals surface area contributed by atoms with E-state index in [-0.39, 0.29) is 6.42 Å². The summed E-state index contributed by atoms with van der Waals surface area (Å²) in [5, 5.41) is 2.33. The van der Waals surface area contributed by atoms with Gasteiger partial charge in [0.2, 0.25) is 5.91 Å². The predicted octanol–water partition coefficient (Wildman–Crippen LogP) is 2.05. The van der Waals surface area contributed by atoms with Crippen LogP contribution in [-0.4, -0.2) is 26.0 Å². The molecule has 3 N–H and O–H groups in total. The minimum absolute atomic E-state index is 0.0198. The molecule has 0 radical (unpaired) electrons. The van der Waals surface area contributed by atoms with Crippen molar-refractivity contribution in [3.63, 3.8) is 0 Å². The molecule has 0 aromatic heterocycles. The van der Waals surface area contributed by atoms with E-state index >= 15 is 0 Å². The summed E-state index contributed by atoms with van der Waals surface area (Å²) in [6.45, 7) is 0. The van der Waals surface area contributed by atoms with Gasteiger partial charge in [-0.15, -0.1) is 0 Å². The number of methoxy groups -OCH3 is 2. The summed E-state index contributed by atoms with van der Waals surface area (Å²) in [5.74, 6) is 0.231. The summed E-state index contributed by atoms with van der Waals surface area (Å²) in [4.78, 5) is 24.0. The lowest BCUT2D eigenvalue weighted by Gasteiger charge is -2.14. The molecule has 0 heterocycles. The molecule has 0 aliphatic carbocycles. The molecular formula is C18H20N2O4. The molecule has 1 atom stereocenters. The molecule has 126 valence electrons. The van der Waals surface area contributed by atoms with Gasteiger partial charge in [-0.05, 0) is 29.8 Å². The van der Waals surface area contributed by atoms with Crippen LogP contribution in [-0.2, 0) is 4.79 Å². The summed E-state index contributed by atoms with van der Waals surface area (Å²) in [6.07, 6.45) is -0.0198. The van der Waals surface area contributed by atoms with Crippen LogP contribution in [0.2, 0.25) is 0 Å². The average molecular weight is 328 g/mol. The number of imide groups is 1. The second kappa shape index (κ2) is 8.12. The number of ether oxygens (including phenoxy) is 2. The van der Waals surface area contributed by atoms with Gasteiger partial charge in [-0.3, -0.25) is 14.9 Å². The van der Waals surface area contributed by atoms with Crippen molar-refractivity contribution >= 4 is 11.8 Å². The van der Waals surface area contributed by atoms with E-state index < -0.39 is 17.9 Å². The number of hydrogen-bond donors (Lipinski definition) is 2. The maximum atomic E-state index is 12.0. The molecule has 24 heavy (non-hydrogen) atoms. The number of hydrogen-bond acceptors (Lipinski definition) is 5. The highest BCUT2D eigenvalue weighted by molar-refractivity contribution is 6.04. The molecule has 0 saturated carbocycles. The van der Waals surface area contributed by atoms with Crippen molar-refractivity contribution in [1.29, 1.82) is 0 Å². The first-order valence-electron chi connectivity index (χ1n) is 7.42. The molecular weight excluding hydrogens is 308 g/mol. The quantitative estimate of drug-likeness (QED) is 0.847. The lowest BCUT2D eigenvalue weighted by atomic mass is 10.0. The predicted molar refractivity (Wildman–Crippen MR) is 90.0 cm³/mol. The van der Waals surface area contributed by atoms with Crippen molar-refractivity contribution < 1.29 is 19.1 Å². The van der Waals surface area contributed by atoms with Gasteiger partial charge in [-0.25, -0.2) is 0 Å². The van der Waals surface area contributed by atoms with E-state index in [4.69, 9.17) is 15.2 Å². The molecule has 2 aromatic rings. The van der Waals surface area contributed by atoms with E-state index in [1.54, 1.807) is 55.6 Å². The number of rotatable bonds is 6. The third-order valence-electron chi connectivity index (χ3n) is 3.53. The Kier molecular flexibility index (Phi) is 5.92. The number of carbonyl (C=O) groups is 2. The Morgan fingerprint density at radius 2 is 1.71 bits per heavy atom. The average Bonchev–Trinajstić information content (AvgIpc) is 2.61. The van der Waals surface area contributed by atoms with Crippen molar-refractivity contribution in [2.75, 3.05) is 14.2 Å². The standard InChI is InChI=1S/C18H20N2O4/c1-23-15-9-8-13(10-16(15)24-2)14(19)11-17(21)20-18(22)12-6-4-3-5-7-12/h3-10,14H,11,19H2,1-2H3,(H,20,21,22). The Morgan fingerprint density at radius 3 is 2.33 bits per heavy atom.